The quantitative estimate of drug-likeness (QED) is 0.836. The van der Waals surface area contributed by atoms with Gasteiger partial charge in [-0.3, -0.25) is 4.90 Å². The van der Waals surface area contributed by atoms with Crippen LogP contribution in [0.5, 0.6) is 0 Å². The summed E-state index contributed by atoms with van der Waals surface area (Å²) in [6.07, 6.45) is 5.10. The lowest BCUT2D eigenvalue weighted by molar-refractivity contribution is 0.312. The van der Waals surface area contributed by atoms with E-state index < -0.39 is 0 Å². The van der Waals surface area contributed by atoms with Crippen molar-refractivity contribution >= 4 is 0 Å². The van der Waals surface area contributed by atoms with Crippen LogP contribution >= 0.6 is 0 Å². The molecular formula is C16H26N2. The summed E-state index contributed by atoms with van der Waals surface area (Å²) in [6.45, 7) is 6.69. The maximum Gasteiger partial charge on any atom is 0.0236 e. The van der Waals surface area contributed by atoms with E-state index in [0.717, 1.165) is 25.4 Å². The molecule has 1 aromatic carbocycles. The molecule has 2 rings (SSSR count). The van der Waals surface area contributed by atoms with Crippen molar-refractivity contribution in [2.75, 3.05) is 19.6 Å². The number of nitrogens with two attached hydrogens (primary N) is 1. The first-order valence-electron chi connectivity index (χ1n) is 7.32. The maximum atomic E-state index is 5.69. The summed E-state index contributed by atoms with van der Waals surface area (Å²) < 4.78 is 0. The molecule has 1 saturated heterocycles. The summed E-state index contributed by atoms with van der Waals surface area (Å²) in [6, 6.07) is 8.76. The number of nitrogens with zero attached hydrogens (tertiary/aromatic N) is 1. The molecular weight excluding hydrogens is 220 g/mol. The van der Waals surface area contributed by atoms with Gasteiger partial charge in [-0.2, -0.15) is 0 Å². The Hall–Kier alpha value is -0.860. The van der Waals surface area contributed by atoms with Gasteiger partial charge in [0.25, 0.3) is 0 Å². The first-order valence-corrected chi connectivity index (χ1v) is 7.32. The average molecular weight is 246 g/mol. The van der Waals surface area contributed by atoms with Crippen LogP contribution in [0.2, 0.25) is 0 Å². The summed E-state index contributed by atoms with van der Waals surface area (Å²) >= 11 is 0. The highest BCUT2D eigenvalue weighted by Gasteiger charge is 2.21. The first-order chi connectivity index (χ1) is 8.83. The SMILES string of the molecule is CCCC1CCN(Cc2ccccc2CCN)C1. The van der Waals surface area contributed by atoms with E-state index in [0.29, 0.717) is 0 Å². The van der Waals surface area contributed by atoms with E-state index in [9.17, 15) is 0 Å². The normalized spacial score (nSPS) is 20.4. The molecule has 0 saturated carbocycles. The van der Waals surface area contributed by atoms with Crippen LogP contribution in [-0.4, -0.2) is 24.5 Å². The largest absolute Gasteiger partial charge is 0.330 e. The Morgan fingerprint density at radius 3 is 2.78 bits per heavy atom. The van der Waals surface area contributed by atoms with Crippen LogP contribution in [0.4, 0.5) is 0 Å². The van der Waals surface area contributed by atoms with Crippen molar-refractivity contribution in [3.63, 3.8) is 0 Å². The Bertz CT molecular complexity index is 362. The molecule has 1 heterocycles. The number of likely N-dealkylation sites (tertiary alicyclic amines) is 1. The Morgan fingerprint density at radius 1 is 1.28 bits per heavy atom. The molecule has 1 atom stereocenters. The van der Waals surface area contributed by atoms with E-state index in [1.807, 2.05) is 0 Å². The fourth-order valence-corrected chi connectivity index (χ4v) is 3.05. The van der Waals surface area contributed by atoms with Crippen molar-refractivity contribution < 1.29 is 0 Å². The van der Waals surface area contributed by atoms with Crippen molar-refractivity contribution in [1.82, 2.24) is 4.90 Å². The lowest BCUT2D eigenvalue weighted by atomic mass is 10.0. The minimum atomic E-state index is 0.746. The molecule has 2 nitrogen and oxygen atoms in total. The molecule has 0 radical (unpaired) electrons. The first kappa shape index (κ1) is 13.6. The highest BCUT2D eigenvalue weighted by molar-refractivity contribution is 5.27. The molecule has 1 aromatic rings. The Balaban J connectivity index is 1.93. The van der Waals surface area contributed by atoms with Gasteiger partial charge in [-0.15, -0.1) is 0 Å². The molecule has 0 spiro atoms. The number of hydrogen-bond donors (Lipinski definition) is 1. The maximum absolute atomic E-state index is 5.69. The van der Waals surface area contributed by atoms with Gasteiger partial charge in [0.15, 0.2) is 0 Å². The van der Waals surface area contributed by atoms with Gasteiger partial charge < -0.3 is 5.73 Å². The van der Waals surface area contributed by atoms with E-state index in [4.69, 9.17) is 5.73 Å². The van der Waals surface area contributed by atoms with E-state index in [-0.39, 0.29) is 0 Å². The van der Waals surface area contributed by atoms with Crippen LogP contribution in [0.15, 0.2) is 24.3 Å². The monoisotopic (exact) mass is 246 g/mol. The molecule has 1 aliphatic rings. The van der Waals surface area contributed by atoms with Crippen LogP contribution < -0.4 is 5.73 Å². The summed E-state index contributed by atoms with van der Waals surface area (Å²) in [5.74, 6) is 0.927. The second-order valence-corrected chi connectivity index (χ2v) is 5.49. The molecule has 1 aliphatic heterocycles. The van der Waals surface area contributed by atoms with Gasteiger partial charge in [0.1, 0.15) is 0 Å². The van der Waals surface area contributed by atoms with Crippen LogP contribution in [0, 0.1) is 5.92 Å². The Kier molecular flexibility index (Phi) is 5.21. The van der Waals surface area contributed by atoms with Gasteiger partial charge >= 0.3 is 0 Å². The van der Waals surface area contributed by atoms with Gasteiger partial charge in [0.2, 0.25) is 0 Å². The molecule has 100 valence electrons. The van der Waals surface area contributed by atoms with Crippen LogP contribution in [0.1, 0.15) is 37.3 Å². The van der Waals surface area contributed by atoms with Crippen molar-refractivity contribution in [2.24, 2.45) is 11.7 Å². The van der Waals surface area contributed by atoms with E-state index in [1.165, 1.54) is 43.5 Å². The third kappa shape index (κ3) is 3.56. The van der Waals surface area contributed by atoms with Gasteiger partial charge in [0, 0.05) is 13.1 Å². The highest BCUT2D eigenvalue weighted by atomic mass is 15.1. The fourth-order valence-electron chi connectivity index (χ4n) is 3.05. The van der Waals surface area contributed by atoms with E-state index >= 15 is 0 Å². The lowest BCUT2D eigenvalue weighted by Crippen LogP contribution is -2.21. The minimum Gasteiger partial charge on any atom is -0.330 e. The fraction of sp³-hybridized carbons (Fsp3) is 0.625. The summed E-state index contributed by atoms with van der Waals surface area (Å²) in [5, 5.41) is 0. The summed E-state index contributed by atoms with van der Waals surface area (Å²) in [4.78, 5) is 2.61. The third-order valence-corrected chi connectivity index (χ3v) is 3.99. The average Bonchev–Trinajstić information content (AvgIpc) is 2.80. The smallest absolute Gasteiger partial charge is 0.0236 e. The molecule has 0 aromatic heterocycles. The van der Waals surface area contributed by atoms with Crippen LogP contribution in [-0.2, 0) is 13.0 Å². The van der Waals surface area contributed by atoms with Gasteiger partial charge in [0.05, 0.1) is 0 Å². The zero-order chi connectivity index (χ0) is 12.8. The Morgan fingerprint density at radius 2 is 2.06 bits per heavy atom. The minimum absolute atomic E-state index is 0.746. The van der Waals surface area contributed by atoms with Crippen LogP contribution in [0.3, 0.4) is 0 Å². The van der Waals surface area contributed by atoms with Crippen molar-refractivity contribution in [1.29, 1.82) is 0 Å². The van der Waals surface area contributed by atoms with Gasteiger partial charge in [-0.05, 0) is 49.4 Å². The second-order valence-electron chi connectivity index (χ2n) is 5.49. The zero-order valence-electron chi connectivity index (χ0n) is 11.6. The van der Waals surface area contributed by atoms with Gasteiger partial charge in [-0.1, -0.05) is 37.6 Å². The predicted octanol–water partition coefficient (Wildman–Crippen LogP) is 2.81. The molecule has 1 fully saturated rings. The lowest BCUT2D eigenvalue weighted by Gasteiger charge is -2.18. The molecule has 2 heteroatoms. The highest BCUT2D eigenvalue weighted by Crippen LogP contribution is 2.23. The predicted molar refractivity (Wildman–Crippen MR) is 77.5 cm³/mol. The number of rotatable bonds is 6. The Labute approximate surface area is 111 Å². The van der Waals surface area contributed by atoms with E-state index in [1.54, 1.807) is 0 Å². The van der Waals surface area contributed by atoms with Crippen LogP contribution in [0.25, 0.3) is 0 Å². The standard InChI is InChI=1S/C16H26N2/c1-2-5-14-9-11-18(12-14)13-16-7-4-3-6-15(16)8-10-17/h3-4,6-7,14H,2,5,8-13,17H2,1H3. The molecule has 0 amide bonds. The van der Waals surface area contributed by atoms with E-state index in [2.05, 4.69) is 36.1 Å². The molecule has 18 heavy (non-hydrogen) atoms. The second kappa shape index (κ2) is 6.91. The molecule has 0 bridgehead atoms. The molecule has 1 unspecified atom stereocenters. The zero-order valence-corrected chi connectivity index (χ0v) is 11.6. The van der Waals surface area contributed by atoms with Crippen molar-refractivity contribution in [2.45, 2.75) is 39.2 Å². The number of benzene rings is 1. The summed E-state index contributed by atoms with van der Waals surface area (Å²) in [5.41, 5.74) is 8.59. The van der Waals surface area contributed by atoms with Crippen molar-refractivity contribution in [3.05, 3.63) is 35.4 Å². The van der Waals surface area contributed by atoms with Crippen molar-refractivity contribution in [3.8, 4) is 0 Å². The third-order valence-electron chi connectivity index (χ3n) is 3.99. The number of hydrogen-bond acceptors (Lipinski definition) is 2. The van der Waals surface area contributed by atoms with Gasteiger partial charge in [-0.25, -0.2) is 0 Å². The molecule has 0 aliphatic carbocycles. The topological polar surface area (TPSA) is 29.3 Å². The molecule has 2 N–H and O–H groups in total. The summed E-state index contributed by atoms with van der Waals surface area (Å²) in [7, 11) is 0.